The third-order valence-electron chi connectivity index (χ3n) is 5.60. The average molecular weight is 305 g/mol. The number of nitrogens with one attached hydrogen (secondary N) is 1. The summed E-state index contributed by atoms with van der Waals surface area (Å²) in [4.78, 5) is 0. The Labute approximate surface area is 137 Å². The topological polar surface area (TPSA) is 49.9 Å². The molecule has 0 aromatic carbocycles. The standard InChI is InChI=1S/C20H36N2/c21-16-10-2-1-9-15-19(17-11-5-3-6-12-17)20(22)18-13-7-4-8-14-18/h18,22H,1-16,21H2. The molecule has 0 atom stereocenters. The van der Waals surface area contributed by atoms with Crippen molar-refractivity contribution < 1.29 is 0 Å². The van der Waals surface area contributed by atoms with E-state index in [0.717, 1.165) is 25.1 Å². The van der Waals surface area contributed by atoms with Gasteiger partial charge in [0.1, 0.15) is 0 Å². The molecule has 2 saturated carbocycles. The fourth-order valence-electron chi connectivity index (χ4n) is 4.22. The van der Waals surface area contributed by atoms with Crippen molar-refractivity contribution in [2.45, 2.75) is 96.3 Å². The SMILES string of the molecule is N=C(C(CCCCCCN)=C1CCCCC1)C1CCCCC1. The molecule has 0 bridgehead atoms. The highest BCUT2D eigenvalue weighted by atomic mass is 14.5. The summed E-state index contributed by atoms with van der Waals surface area (Å²) in [5, 5.41) is 8.82. The third-order valence-corrected chi connectivity index (χ3v) is 5.60. The first kappa shape index (κ1) is 17.7. The summed E-state index contributed by atoms with van der Waals surface area (Å²) in [5.74, 6) is 0.571. The van der Waals surface area contributed by atoms with Gasteiger partial charge in [-0.1, -0.05) is 44.1 Å². The molecule has 0 radical (unpaired) electrons. The van der Waals surface area contributed by atoms with E-state index in [1.807, 2.05) is 0 Å². The monoisotopic (exact) mass is 304 g/mol. The molecule has 0 unspecified atom stereocenters. The maximum Gasteiger partial charge on any atom is 0.0376 e. The molecule has 0 aromatic heterocycles. The van der Waals surface area contributed by atoms with Crippen molar-refractivity contribution in [1.29, 1.82) is 5.41 Å². The van der Waals surface area contributed by atoms with Gasteiger partial charge in [-0.05, 0) is 69.9 Å². The Bertz CT molecular complexity index is 356. The van der Waals surface area contributed by atoms with Crippen LogP contribution in [0.3, 0.4) is 0 Å². The second-order valence-corrected chi connectivity index (χ2v) is 7.34. The fraction of sp³-hybridized carbons (Fsp3) is 0.850. The molecule has 0 saturated heterocycles. The molecule has 2 rings (SSSR count). The van der Waals surface area contributed by atoms with Gasteiger partial charge >= 0.3 is 0 Å². The van der Waals surface area contributed by atoms with Crippen molar-refractivity contribution in [1.82, 2.24) is 0 Å². The lowest BCUT2D eigenvalue weighted by Crippen LogP contribution is -2.20. The van der Waals surface area contributed by atoms with Crippen molar-refractivity contribution in [3.8, 4) is 0 Å². The van der Waals surface area contributed by atoms with Crippen LogP contribution < -0.4 is 5.73 Å². The van der Waals surface area contributed by atoms with Crippen LogP contribution in [0.15, 0.2) is 11.1 Å². The molecule has 0 heterocycles. The summed E-state index contributed by atoms with van der Waals surface area (Å²) >= 11 is 0. The molecular formula is C20H36N2. The van der Waals surface area contributed by atoms with E-state index in [0.29, 0.717) is 5.92 Å². The van der Waals surface area contributed by atoms with Gasteiger partial charge in [-0.3, -0.25) is 0 Å². The predicted octanol–water partition coefficient (Wildman–Crippen LogP) is 5.76. The highest BCUT2D eigenvalue weighted by Crippen LogP contribution is 2.33. The number of rotatable bonds is 8. The normalized spacial score (nSPS) is 20.1. The molecule has 2 nitrogen and oxygen atoms in total. The quantitative estimate of drug-likeness (QED) is 0.435. The minimum Gasteiger partial charge on any atom is -0.330 e. The van der Waals surface area contributed by atoms with Gasteiger partial charge in [-0.15, -0.1) is 0 Å². The molecule has 3 N–H and O–H groups in total. The first-order valence-corrected chi connectivity index (χ1v) is 9.82. The predicted molar refractivity (Wildman–Crippen MR) is 96.6 cm³/mol. The number of allylic oxidation sites excluding steroid dienone is 2. The zero-order valence-electron chi connectivity index (χ0n) is 14.5. The summed E-state index contributed by atoms with van der Waals surface area (Å²) in [6.45, 7) is 0.825. The molecule has 22 heavy (non-hydrogen) atoms. The zero-order valence-corrected chi connectivity index (χ0v) is 14.5. The third kappa shape index (κ3) is 5.53. The van der Waals surface area contributed by atoms with Crippen LogP contribution >= 0.6 is 0 Å². The molecule has 0 spiro atoms. The van der Waals surface area contributed by atoms with E-state index in [1.54, 1.807) is 5.57 Å². The van der Waals surface area contributed by atoms with E-state index in [9.17, 15) is 0 Å². The van der Waals surface area contributed by atoms with E-state index in [1.165, 1.54) is 89.0 Å². The first-order valence-electron chi connectivity index (χ1n) is 9.82. The van der Waals surface area contributed by atoms with Crippen molar-refractivity contribution in [3.63, 3.8) is 0 Å². The Hall–Kier alpha value is -0.630. The molecule has 2 aliphatic rings. The van der Waals surface area contributed by atoms with E-state index < -0.39 is 0 Å². The summed E-state index contributed by atoms with van der Waals surface area (Å²) in [7, 11) is 0. The lowest BCUT2D eigenvalue weighted by Gasteiger charge is -2.27. The average Bonchev–Trinajstić information content (AvgIpc) is 2.59. The highest BCUT2D eigenvalue weighted by Gasteiger charge is 2.23. The van der Waals surface area contributed by atoms with E-state index in [-0.39, 0.29) is 0 Å². The van der Waals surface area contributed by atoms with Crippen LogP contribution in [-0.2, 0) is 0 Å². The molecule has 2 heteroatoms. The minimum absolute atomic E-state index is 0.571. The Balaban J connectivity index is 1.95. The Morgan fingerprint density at radius 3 is 2.18 bits per heavy atom. The number of hydrogen-bond acceptors (Lipinski definition) is 2. The van der Waals surface area contributed by atoms with Crippen LogP contribution in [0.2, 0.25) is 0 Å². The van der Waals surface area contributed by atoms with Crippen LogP contribution in [0.25, 0.3) is 0 Å². The van der Waals surface area contributed by atoms with Gasteiger partial charge in [-0.25, -0.2) is 0 Å². The van der Waals surface area contributed by atoms with Gasteiger partial charge in [0, 0.05) is 11.6 Å². The molecule has 2 fully saturated rings. The molecule has 2 aliphatic carbocycles. The van der Waals surface area contributed by atoms with E-state index in [4.69, 9.17) is 11.1 Å². The summed E-state index contributed by atoms with van der Waals surface area (Å²) < 4.78 is 0. The first-order chi connectivity index (χ1) is 10.8. The molecule has 126 valence electrons. The van der Waals surface area contributed by atoms with E-state index in [2.05, 4.69) is 0 Å². The van der Waals surface area contributed by atoms with Gasteiger partial charge in [0.05, 0.1) is 0 Å². The summed E-state index contributed by atoms with van der Waals surface area (Å²) in [6, 6.07) is 0. The summed E-state index contributed by atoms with van der Waals surface area (Å²) in [5.41, 5.74) is 9.77. The van der Waals surface area contributed by atoms with Gasteiger partial charge < -0.3 is 11.1 Å². The number of nitrogens with two attached hydrogens (primary N) is 1. The Kier molecular flexibility index (Phi) is 8.22. The second-order valence-electron chi connectivity index (χ2n) is 7.34. The molecular weight excluding hydrogens is 268 g/mol. The Morgan fingerprint density at radius 1 is 0.864 bits per heavy atom. The maximum atomic E-state index is 8.82. The molecule has 0 amide bonds. The smallest absolute Gasteiger partial charge is 0.0376 e. The lowest BCUT2D eigenvalue weighted by molar-refractivity contribution is 0.436. The van der Waals surface area contributed by atoms with Crippen LogP contribution in [-0.4, -0.2) is 12.3 Å². The van der Waals surface area contributed by atoms with E-state index >= 15 is 0 Å². The van der Waals surface area contributed by atoms with Gasteiger partial charge in [0.25, 0.3) is 0 Å². The lowest BCUT2D eigenvalue weighted by atomic mass is 9.78. The number of unbranched alkanes of at least 4 members (excludes halogenated alkanes) is 3. The van der Waals surface area contributed by atoms with Gasteiger partial charge in [0.2, 0.25) is 0 Å². The molecule has 0 aliphatic heterocycles. The van der Waals surface area contributed by atoms with Crippen molar-refractivity contribution >= 4 is 5.71 Å². The molecule has 0 aromatic rings. The van der Waals surface area contributed by atoms with Crippen molar-refractivity contribution in [3.05, 3.63) is 11.1 Å². The zero-order chi connectivity index (χ0) is 15.6. The van der Waals surface area contributed by atoms with Gasteiger partial charge in [0.15, 0.2) is 0 Å². The van der Waals surface area contributed by atoms with Crippen LogP contribution in [0.1, 0.15) is 96.3 Å². The van der Waals surface area contributed by atoms with Crippen LogP contribution in [0.5, 0.6) is 0 Å². The maximum absolute atomic E-state index is 8.82. The summed E-state index contributed by atoms with van der Waals surface area (Å²) in [6.07, 6.45) is 19.4. The van der Waals surface area contributed by atoms with Crippen molar-refractivity contribution in [2.24, 2.45) is 11.7 Å². The largest absolute Gasteiger partial charge is 0.330 e. The van der Waals surface area contributed by atoms with Gasteiger partial charge in [-0.2, -0.15) is 0 Å². The number of hydrogen-bond donors (Lipinski definition) is 2. The van der Waals surface area contributed by atoms with Crippen molar-refractivity contribution in [2.75, 3.05) is 6.54 Å². The van der Waals surface area contributed by atoms with Crippen LogP contribution in [0.4, 0.5) is 0 Å². The Morgan fingerprint density at radius 2 is 1.50 bits per heavy atom. The van der Waals surface area contributed by atoms with Crippen LogP contribution in [0, 0.1) is 11.3 Å². The minimum atomic E-state index is 0.571. The second kappa shape index (κ2) is 10.2. The fourth-order valence-corrected chi connectivity index (χ4v) is 4.22. The highest BCUT2D eigenvalue weighted by molar-refractivity contribution is 6.00.